The highest BCUT2D eigenvalue weighted by atomic mass is 16.5. The molecule has 3 heteroatoms. The average Bonchev–Trinajstić information content (AvgIpc) is 2.49. The van der Waals surface area contributed by atoms with Crippen LogP contribution < -0.4 is 10.1 Å². The second-order valence-corrected chi connectivity index (χ2v) is 5.03. The Balaban J connectivity index is 2.13. The fourth-order valence-electron chi connectivity index (χ4n) is 1.98. The second kappa shape index (κ2) is 7.48. The first kappa shape index (κ1) is 15.1. The number of aryl methyl sites for hydroxylation is 2. The molecule has 0 atom stereocenters. The summed E-state index contributed by atoms with van der Waals surface area (Å²) < 4.78 is 5.93. The molecule has 110 valence electrons. The van der Waals surface area contributed by atoms with Gasteiger partial charge in [-0.2, -0.15) is 0 Å². The third kappa shape index (κ3) is 4.35. The van der Waals surface area contributed by atoms with E-state index in [-0.39, 0.29) is 0 Å². The van der Waals surface area contributed by atoms with Gasteiger partial charge in [0.15, 0.2) is 0 Å². The highest BCUT2D eigenvalue weighted by Gasteiger charge is 2.06. The minimum atomic E-state index is 0.847. The number of rotatable bonds is 6. The molecule has 0 aliphatic carbocycles. The Labute approximate surface area is 126 Å². The van der Waals surface area contributed by atoms with Crippen molar-refractivity contribution in [3.8, 4) is 11.5 Å². The van der Waals surface area contributed by atoms with Crippen LogP contribution in [-0.2, 0) is 0 Å². The number of aliphatic imine (C=N–C) groups is 1. The lowest BCUT2D eigenvalue weighted by atomic mass is 10.1. The first-order chi connectivity index (χ1) is 10.2. The van der Waals surface area contributed by atoms with Crippen LogP contribution in [0.2, 0.25) is 0 Å². The van der Waals surface area contributed by atoms with E-state index in [0.29, 0.717) is 0 Å². The van der Waals surface area contributed by atoms with Crippen molar-refractivity contribution < 1.29 is 4.74 Å². The Morgan fingerprint density at radius 2 is 1.86 bits per heavy atom. The minimum absolute atomic E-state index is 0.847. The van der Waals surface area contributed by atoms with Crippen LogP contribution in [0.15, 0.2) is 47.5 Å². The van der Waals surface area contributed by atoms with Crippen molar-refractivity contribution in [3.05, 3.63) is 53.6 Å². The SMILES string of the molecule is CCCN=CNc1cc(C)c(Oc2ccccc2)cc1C. The van der Waals surface area contributed by atoms with Crippen molar-refractivity contribution in [2.45, 2.75) is 27.2 Å². The van der Waals surface area contributed by atoms with Gasteiger partial charge in [0.25, 0.3) is 0 Å². The molecule has 0 bridgehead atoms. The third-order valence-electron chi connectivity index (χ3n) is 3.16. The van der Waals surface area contributed by atoms with Crippen molar-refractivity contribution in [1.29, 1.82) is 0 Å². The maximum Gasteiger partial charge on any atom is 0.130 e. The highest BCUT2D eigenvalue weighted by molar-refractivity contribution is 5.78. The summed E-state index contributed by atoms with van der Waals surface area (Å²) in [7, 11) is 0. The number of para-hydroxylation sites is 1. The molecule has 21 heavy (non-hydrogen) atoms. The quantitative estimate of drug-likeness (QED) is 0.601. The Kier molecular flexibility index (Phi) is 5.38. The van der Waals surface area contributed by atoms with Gasteiger partial charge in [-0.3, -0.25) is 4.99 Å². The zero-order valence-corrected chi connectivity index (χ0v) is 12.9. The van der Waals surface area contributed by atoms with Crippen molar-refractivity contribution >= 4 is 12.0 Å². The van der Waals surface area contributed by atoms with Crippen molar-refractivity contribution in [2.75, 3.05) is 11.9 Å². The largest absolute Gasteiger partial charge is 0.457 e. The molecule has 0 heterocycles. The van der Waals surface area contributed by atoms with Crippen LogP contribution in [0.3, 0.4) is 0 Å². The van der Waals surface area contributed by atoms with Gasteiger partial charge in [-0.05, 0) is 55.7 Å². The van der Waals surface area contributed by atoms with E-state index in [0.717, 1.165) is 41.3 Å². The molecule has 3 nitrogen and oxygen atoms in total. The van der Waals surface area contributed by atoms with Crippen LogP contribution in [0.4, 0.5) is 5.69 Å². The van der Waals surface area contributed by atoms with Crippen molar-refractivity contribution in [2.24, 2.45) is 4.99 Å². The average molecular weight is 282 g/mol. The number of benzene rings is 2. The third-order valence-corrected chi connectivity index (χ3v) is 3.16. The van der Waals surface area contributed by atoms with Gasteiger partial charge in [0.05, 0.1) is 6.34 Å². The highest BCUT2D eigenvalue weighted by Crippen LogP contribution is 2.29. The lowest BCUT2D eigenvalue weighted by Crippen LogP contribution is -1.99. The smallest absolute Gasteiger partial charge is 0.130 e. The number of nitrogens with zero attached hydrogens (tertiary/aromatic N) is 1. The Morgan fingerprint density at radius 1 is 1.10 bits per heavy atom. The summed E-state index contributed by atoms with van der Waals surface area (Å²) in [6.07, 6.45) is 2.82. The van der Waals surface area contributed by atoms with Gasteiger partial charge in [-0.1, -0.05) is 25.1 Å². The molecule has 0 spiro atoms. The molecular formula is C18H22N2O. The maximum absolute atomic E-state index is 5.93. The molecule has 0 unspecified atom stereocenters. The molecular weight excluding hydrogens is 260 g/mol. The first-order valence-corrected chi connectivity index (χ1v) is 7.29. The molecule has 1 N–H and O–H groups in total. The number of anilines is 1. The van der Waals surface area contributed by atoms with Crippen LogP contribution >= 0.6 is 0 Å². The zero-order valence-electron chi connectivity index (χ0n) is 12.9. The van der Waals surface area contributed by atoms with E-state index in [1.165, 1.54) is 0 Å². The Bertz CT molecular complexity index is 606. The fraction of sp³-hybridized carbons (Fsp3) is 0.278. The summed E-state index contributed by atoms with van der Waals surface area (Å²) in [4.78, 5) is 4.28. The zero-order chi connectivity index (χ0) is 15.1. The van der Waals surface area contributed by atoms with Gasteiger partial charge >= 0.3 is 0 Å². The Hall–Kier alpha value is -2.29. The summed E-state index contributed by atoms with van der Waals surface area (Å²) in [5, 5.41) is 3.23. The maximum atomic E-state index is 5.93. The lowest BCUT2D eigenvalue weighted by molar-refractivity contribution is 0.478. The number of hydrogen-bond acceptors (Lipinski definition) is 2. The molecule has 0 aliphatic heterocycles. The van der Waals surface area contributed by atoms with E-state index in [2.05, 4.69) is 36.3 Å². The summed E-state index contributed by atoms with van der Waals surface area (Å²) in [5.74, 6) is 1.74. The van der Waals surface area contributed by atoms with Gasteiger partial charge in [0, 0.05) is 12.2 Å². The lowest BCUT2D eigenvalue weighted by Gasteiger charge is -2.13. The number of ether oxygens (including phenoxy) is 1. The van der Waals surface area contributed by atoms with E-state index in [1.807, 2.05) is 37.3 Å². The van der Waals surface area contributed by atoms with E-state index in [1.54, 1.807) is 6.34 Å². The molecule has 2 rings (SSSR count). The topological polar surface area (TPSA) is 33.6 Å². The fourth-order valence-corrected chi connectivity index (χ4v) is 1.98. The van der Waals surface area contributed by atoms with Gasteiger partial charge in [-0.15, -0.1) is 0 Å². The predicted molar refractivity (Wildman–Crippen MR) is 89.7 cm³/mol. The number of hydrogen-bond donors (Lipinski definition) is 1. The van der Waals surface area contributed by atoms with E-state index < -0.39 is 0 Å². The minimum Gasteiger partial charge on any atom is -0.457 e. The summed E-state index contributed by atoms with van der Waals surface area (Å²) in [5.41, 5.74) is 3.29. The van der Waals surface area contributed by atoms with Crippen molar-refractivity contribution in [3.63, 3.8) is 0 Å². The van der Waals surface area contributed by atoms with Crippen LogP contribution in [-0.4, -0.2) is 12.9 Å². The van der Waals surface area contributed by atoms with Gasteiger partial charge < -0.3 is 10.1 Å². The molecule has 2 aromatic rings. The van der Waals surface area contributed by atoms with E-state index >= 15 is 0 Å². The summed E-state index contributed by atoms with van der Waals surface area (Å²) in [6, 6.07) is 14.0. The molecule has 0 saturated heterocycles. The molecule has 2 aromatic carbocycles. The van der Waals surface area contributed by atoms with Gasteiger partial charge in [0.2, 0.25) is 0 Å². The molecule has 0 saturated carbocycles. The van der Waals surface area contributed by atoms with E-state index in [9.17, 15) is 0 Å². The monoisotopic (exact) mass is 282 g/mol. The van der Waals surface area contributed by atoms with Crippen LogP contribution in [0.5, 0.6) is 11.5 Å². The Morgan fingerprint density at radius 3 is 2.57 bits per heavy atom. The van der Waals surface area contributed by atoms with Crippen LogP contribution in [0.1, 0.15) is 24.5 Å². The van der Waals surface area contributed by atoms with Crippen molar-refractivity contribution in [1.82, 2.24) is 0 Å². The van der Waals surface area contributed by atoms with E-state index in [4.69, 9.17) is 4.74 Å². The molecule has 0 amide bonds. The predicted octanol–water partition coefficient (Wildman–Crippen LogP) is 4.95. The van der Waals surface area contributed by atoms with Crippen LogP contribution in [0.25, 0.3) is 0 Å². The van der Waals surface area contributed by atoms with Gasteiger partial charge in [-0.25, -0.2) is 0 Å². The van der Waals surface area contributed by atoms with Crippen LogP contribution in [0, 0.1) is 13.8 Å². The second-order valence-electron chi connectivity index (χ2n) is 5.03. The summed E-state index contributed by atoms with van der Waals surface area (Å²) >= 11 is 0. The molecule has 0 radical (unpaired) electrons. The standard InChI is InChI=1S/C18H22N2O/c1-4-10-19-13-20-17-11-15(3)18(12-14(17)2)21-16-8-6-5-7-9-16/h5-9,11-13H,4,10H2,1-3H3,(H,19,20). The normalized spacial score (nSPS) is 10.8. The number of nitrogens with one attached hydrogen (secondary N) is 1. The first-order valence-electron chi connectivity index (χ1n) is 7.29. The van der Waals surface area contributed by atoms with Gasteiger partial charge in [0.1, 0.15) is 11.5 Å². The molecule has 0 fully saturated rings. The summed E-state index contributed by atoms with van der Waals surface area (Å²) in [6.45, 7) is 7.07. The molecule has 0 aliphatic rings. The molecule has 0 aromatic heterocycles.